The molecular formula is C9H15IO3. The second-order valence-corrected chi connectivity index (χ2v) is 4.58. The lowest BCUT2D eigenvalue weighted by molar-refractivity contribution is -0.193. The Morgan fingerprint density at radius 3 is 2.08 bits per heavy atom. The number of hydrogen-bond donors (Lipinski definition) is 0. The monoisotopic (exact) mass is 298 g/mol. The number of ether oxygens (including phenoxy) is 2. The first-order valence-electron chi connectivity index (χ1n) is 4.76. The molecule has 4 heteroatoms. The maximum atomic E-state index is 5.64. The molecule has 13 heavy (non-hydrogen) atoms. The van der Waals surface area contributed by atoms with Crippen molar-refractivity contribution >= 4 is 23.0 Å². The molecule has 2 aliphatic rings. The van der Waals surface area contributed by atoms with Gasteiger partial charge in [-0.15, -0.1) is 0 Å². The summed E-state index contributed by atoms with van der Waals surface area (Å²) in [7, 11) is 0. The van der Waals surface area contributed by atoms with Gasteiger partial charge in [-0.1, -0.05) is 0 Å². The number of halogens is 1. The van der Waals surface area contributed by atoms with Gasteiger partial charge < -0.3 is 12.5 Å². The SMILES string of the molecule is CC1(OI)CCC2(CC1)OCCO2. The van der Waals surface area contributed by atoms with E-state index in [9.17, 15) is 0 Å². The average molecular weight is 298 g/mol. The molecule has 0 radical (unpaired) electrons. The summed E-state index contributed by atoms with van der Waals surface area (Å²) in [5, 5.41) is 0. The predicted octanol–water partition coefficient (Wildman–Crippen LogP) is 2.43. The van der Waals surface area contributed by atoms with Crippen LogP contribution in [0.5, 0.6) is 0 Å². The fourth-order valence-electron chi connectivity index (χ4n) is 2.02. The van der Waals surface area contributed by atoms with E-state index in [0.717, 1.165) is 38.9 Å². The zero-order valence-corrected chi connectivity index (χ0v) is 10.0. The molecule has 1 aliphatic heterocycles. The molecule has 2 rings (SSSR count). The Morgan fingerprint density at radius 1 is 1.08 bits per heavy atom. The third kappa shape index (κ3) is 2.00. The largest absolute Gasteiger partial charge is 0.348 e. The van der Waals surface area contributed by atoms with Gasteiger partial charge in [0.05, 0.1) is 18.8 Å². The molecule has 2 fully saturated rings. The molecule has 0 aromatic rings. The van der Waals surface area contributed by atoms with Gasteiger partial charge in [-0.2, -0.15) is 0 Å². The van der Waals surface area contributed by atoms with E-state index >= 15 is 0 Å². The van der Waals surface area contributed by atoms with Crippen molar-refractivity contribution in [3.8, 4) is 0 Å². The first kappa shape index (κ1) is 10.1. The summed E-state index contributed by atoms with van der Waals surface area (Å²) in [6, 6.07) is 0. The van der Waals surface area contributed by atoms with E-state index in [1.54, 1.807) is 0 Å². The number of hydrogen-bond acceptors (Lipinski definition) is 3. The summed E-state index contributed by atoms with van der Waals surface area (Å²) in [5.74, 6) is -0.255. The van der Waals surface area contributed by atoms with Gasteiger partial charge in [0.25, 0.3) is 0 Å². The Balaban J connectivity index is 1.95. The third-order valence-electron chi connectivity index (χ3n) is 3.07. The molecule has 0 N–H and O–H groups in total. The summed E-state index contributed by atoms with van der Waals surface area (Å²) in [6.45, 7) is 3.66. The van der Waals surface area contributed by atoms with E-state index in [1.165, 1.54) is 0 Å². The topological polar surface area (TPSA) is 27.7 Å². The molecule has 1 saturated carbocycles. The van der Waals surface area contributed by atoms with Crippen LogP contribution in [-0.4, -0.2) is 24.6 Å². The Labute approximate surface area is 92.8 Å². The van der Waals surface area contributed by atoms with Crippen LogP contribution in [-0.2, 0) is 12.5 Å². The van der Waals surface area contributed by atoms with Crippen molar-refractivity contribution in [2.45, 2.75) is 44.0 Å². The molecular weight excluding hydrogens is 283 g/mol. The molecule has 1 aliphatic carbocycles. The smallest absolute Gasteiger partial charge is 0.168 e. The lowest BCUT2D eigenvalue weighted by atomic mass is 9.83. The molecule has 0 aromatic heterocycles. The van der Waals surface area contributed by atoms with Crippen molar-refractivity contribution < 1.29 is 12.5 Å². The second-order valence-electron chi connectivity index (χ2n) is 4.13. The summed E-state index contributed by atoms with van der Waals surface area (Å²) < 4.78 is 16.7. The Morgan fingerprint density at radius 2 is 1.62 bits per heavy atom. The number of rotatable bonds is 1. The fourth-order valence-corrected chi connectivity index (χ4v) is 2.46. The summed E-state index contributed by atoms with van der Waals surface area (Å²) in [6.07, 6.45) is 3.98. The van der Waals surface area contributed by atoms with Crippen LogP contribution < -0.4 is 0 Å². The van der Waals surface area contributed by atoms with E-state index in [1.807, 2.05) is 23.0 Å². The van der Waals surface area contributed by atoms with Gasteiger partial charge in [0.15, 0.2) is 5.79 Å². The van der Waals surface area contributed by atoms with E-state index in [-0.39, 0.29) is 11.4 Å². The van der Waals surface area contributed by atoms with Crippen LogP contribution in [0.1, 0.15) is 32.6 Å². The van der Waals surface area contributed by atoms with Gasteiger partial charge >= 0.3 is 0 Å². The minimum atomic E-state index is -0.255. The van der Waals surface area contributed by atoms with Crippen LogP contribution in [0.2, 0.25) is 0 Å². The van der Waals surface area contributed by atoms with Gasteiger partial charge in [0.2, 0.25) is 0 Å². The summed E-state index contributed by atoms with van der Waals surface area (Å²) >= 11 is 1.99. The summed E-state index contributed by atoms with van der Waals surface area (Å²) in [5.41, 5.74) is 0.0289. The molecule has 3 nitrogen and oxygen atoms in total. The van der Waals surface area contributed by atoms with Crippen molar-refractivity contribution in [2.24, 2.45) is 0 Å². The molecule has 1 heterocycles. The molecule has 0 aromatic carbocycles. The van der Waals surface area contributed by atoms with Gasteiger partial charge in [0.1, 0.15) is 23.0 Å². The average Bonchev–Trinajstić information content (AvgIpc) is 2.61. The van der Waals surface area contributed by atoms with Gasteiger partial charge in [-0.05, 0) is 19.8 Å². The highest BCUT2D eigenvalue weighted by Gasteiger charge is 2.44. The Bertz CT molecular complexity index is 179. The van der Waals surface area contributed by atoms with Crippen LogP contribution in [0.3, 0.4) is 0 Å². The zero-order valence-electron chi connectivity index (χ0n) is 7.85. The molecule has 1 spiro atoms. The Kier molecular flexibility index (Phi) is 2.84. The first-order valence-corrected chi connectivity index (χ1v) is 5.64. The normalized spacial score (nSPS) is 30.9. The standard InChI is InChI=1S/C9H15IO3/c1-8(13-10)2-4-9(5-3-8)11-6-7-12-9/h2-7H2,1H3. The van der Waals surface area contributed by atoms with Crippen molar-refractivity contribution in [1.29, 1.82) is 0 Å². The first-order chi connectivity index (χ1) is 6.18. The van der Waals surface area contributed by atoms with E-state index in [2.05, 4.69) is 6.92 Å². The molecule has 0 unspecified atom stereocenters. The van der Waals surface area contributed by atoms with E-state index in [4.69, 9.17) is 12.5 Å². The van der Waals surface area contributed by atoms with Crippen molar-refractivity contribution in [2.75, 3.05) is 13.2 Å². The maximum absolute atomic E-state index is 5.64. The summed E-state index contributed by atoms with van der Waals surface area (Å²) in [4.78, 5) is 0. The van der Waals surface area contributed by atoms with E-state index < -0.39 is 0 Å². The third-order valence-corrected chi connectivity index (χ3v) is 4.13. The van der Waals surface area contributed by atoms with Crippen LogP contribution in [0, 0.1) is 0 Å². The minimum Gasteiger partial charge on any atom is -0.348 e. The van der Waals surface area contributed by atoms with Gasteiger partial charge in [-0.25, -0.2) is 0 Å². The van der Waals surface area contributed by atoms with Crippen LogP contribution in [0.4, 0.5) is 0 Å². The minimum absolute atomic E-state index is 0.0289. The molecule has 0 atom stereocenters. The molecule has 0 bridgehead atoms. The van der Waals surface area contributed by atoms with Gasteiger partial charge in [0, 0.05) is 12.8 Å². The molecule has 0 amide bonds. The van der Waals surface area contributed by atoms with Crippen LogP contribution >= 0.6 is 23.0 Å². The van der Waals surface area contributed by atoms with Crippen molar-refractivity contribution in [3.63, 3.8) is 0 Å². The quantitative estimate of drug-likeness (QED) is 0.696. The lowest BCUT2D eigenvalue weighted by Gasteiger charge is -2.39. The van der Waals surface area contributed by atoms with Gasteiger partial charge in [-0.3, -0.25) is 0 Å². The molecule has 1 saturated heterocycles. The fraction of sp³-hybridized carbons (Fsp3) is 1.00. The lowest BCUT2D eigenvalue weighted by Crippen LogP contribution is -2.42. The highest BCUT2D eigenvalue weighted by molar-refractivity contribution is 14.1. The predicted molar refractivity (Wildman–Crippen MR) is 56.6 cm³/mol. The highest BCUT2D eigenvalue weighted by atomic mass is 127. The zero-order chi connectivity index (χ0) is 9.36. The van der Waals surface area contributed by atoms with Crippen molar-refractivity contribution in [1.82, 2.24) is 0 Å². The van der Waals surface area contributed by atoms with Crippen LogP contribution in [0.25, 0.3) is 0 Å². The van der Waals surface area contributed by atoms with Crippen molar-refractivity contribution in [3.05, 3.63) is 0 Å². The second kappa shape index (κ2) is 3.64. The van der Waals surface area contributed by atoms with Crippen LogP contribution in [0.15, 0.2) is 0 Å². The highest BCUT2D eigenvalue weighted by Crippen LogP contribution is 2.42. The Hall–Kier alpha value is 0.610. The molecule has 76 valence electrons. The maximum Gasteiger partial charge on any atom is 0.168 e. The van der Waals surface area contributed by atoms with E-state index in [0.29, 0.717) is 0 Å².